The monoisotopic (exact) mass is 653 g/mol. The summed E-state index contributed by atoms with van der Waals surface area (Å²) in [7, 11) is 0. The molecule has 0 spiro atoms. The van der Waals surface area contributed by atoms with Gasteiger partial charge in [-0.25, -0.2) is 4.70 Å². The molecule has 3 rings (SSSR count). The van der Waals surface area contributed by atoms with Crippen LogP contribution in [-0.2, 0) is 25.7 Å². The van der Waals surface area contributed by atoms with Crippen LogP contribution in [-0.4, -0.2) is 4.70 Å². The van der Waals surface area contributed by atoms with E-state index in [-0.39, 0.29) is 0 Å². The quantitative estimate of drug-likeness (QED) is 0.0678. The minimum atomic E-state index is 0.908. The summed E-state index contributed by atoms with van der Waals surface area (Å²) >= 11 is 0. The second kappa shape index (κ2) is 23.8. The van der Waals surface area contributed by atoms with Gasteiger partial charge in [-0.3, -0.25) is 0 Å². The highest BCUT2D eigenvalue weighted by Gasteiger charge is 2.29. The third kappa shape index (κ3) is 13.8. The highest BCUT2D eigenvalue weighted by molar-refractivity contribution is 5.79. The molecule has 0 radical (unpaired) electrons. The van der Waals surface area contributed by atoms with Crippen molar-refractivity contribution in [3.63, 3.8) is 0 Å². The Hall–Kier alpha value is -2.48. The molecular weight excluding hydrogens is 581 g/mol. The fourth-order valence-corrected chi connectivity index (χ4v) is 7.45. The molecule has 0 fully saturated rings. The van der Waals surface area contributed by atoms with E-state index in [9.17, 15) is 5.53 Å². The first-order valence-electron chi connectivity index (χ1n) is 20.7. The normalized spacial score (nSPS) is 13.2. The van der Waals surface area contributed by atoms with Crippen LogP contribution in [0.1, 0.15) is 203 Å². The Morgan fingerprint density at radius 1 is 0.417 bits per heavy atom. The van der Waals surface area contributed by atoms with Gasteiger partial charge in [-0.05, 0) is 104 Å². The Labute approximate surface area is 297 Å². The average Bonchev–Trinajstić information content (AvgIpc) is 3.44. The SMILES string of the molecule is CCCCCCCCc1cc(CCCCCCCC)cc(C2=C(CC)C=C(c3cc(CCCCCC)cc(CCCCCC)c3)[N+]2=[N-])c1. The first-order valence-corrected chi connectivity index (χ1v) is 20.7. The lowest BCUT2D eigenvalue weighted by molar-refractivity contribution is -0.344. The lowest BCUT2D eigenvalue weighted by Crippen LogP contribution is -2.05. The smallest absolute Gasteiger partial charge is 0.210 e. The van der Waals surface area contributed by atoms with Crippen molar-refractivity contribution in [2.45, 2.75) is 195 Å². The lowest BCUT2D eigenvalue weighted by Gasteiger charge is -2.15. The Morgan fingerprint density at radius 2 is 0.750 bits per heavy atom. The van der Waals surface area contributed by atoms with Gasteiger partial charge in [0.25, 0.3) is 0 Å². The number of benzene rings is 2. The highest BCUT2D eigenvalue weighted by Crippen LogP contribution is 2.38. The van der Waals surface area contributed by atoms with Gasteiger partial charge in [-0.1, -0.05) is 149 Å². The predicted molar refractivity (Wildman–Crippen MR) is 212 cm³/mol. The molecule has 2 nitrogen and oxygen atoms in total. The number of allylic oxidation sites excluding steroid dienone is 2. The first kappa shape index (κ1) is 40.0. The van der Waals surface area contributed by atoms with Gasteiger partial charge in [-0.2, -0.15) is 0 Å². The molecule has 0 aliphatic carbocycles. The third-order valence-corrected chi connectivity index (χ3v) is 10.4. The van der Waals surface area contributed by atoms with Gasteiger partial charge in [0.05, 0.1) is 0 Å². The van der Waals surface area contributed by atoms with E-state index in [0.29, 0.717) is 0 Å². The van der Waals surface area contributed by atoms with Crippen LogP contribution in [0.15, 0.2) is 48.0 Å². The van der Waals surface area contributed by atoms with Gasteiger partial charge in [0.2, 0.25) is 11.4 Å². The number of nitrogens with zero attached hydrogens (tertiary/aromatic N) is 2. The lowest BCUT2D eigenvalue weighted by atomic mass is 9.95. The molecule has 0 saturated carbocycles. The molecule has 48 heavy (non-hydrogen) atoms. The minimum Gasteiger partial charge on any atom is -0.493 e. The molecule has 0 N–H and O–H groups in total. The van der Waals surface area contributed by atoms with Gasteiger partial charge >= 0.3 is 0 Å². The van der Waals surface area contributed by atoms with Crippen LogP contribution in [0.25, 0.3) is 16.9 Å². The van der Waals surface area contributed by atoms with E-state index in [2.05, 4.69) is 77.1 Å². The second-order valence-electron chi connectivity index (χ2n) is 14.8. The maximum atomic E-state index is 12.0. The van der Waals surface area contributed by atoms with E-state index in [4.69, 9.17) is 0 Å². The van der Waals surface area contributed by atoms with Crippen LogP contribution < -0.4 is 0 Å². The maximum absolute atomic E-state index is 12.0. The van der Waals surface area contributed by atoms with Gasteiger partial charge < -0.3 is 5.53 Å². The Kier molecular flexibility index (Phi) is 19.8. The summed E-state index contributed by atoms with van der Waals surface area (Å²) in [6.07, 6.45) is 33.8. The van der Waals surface area contributed by atoms with Crippen LogP contribution in [0, 0.1) is 0 Å². The van der Waals surface area contributed by atoms with Gasteiger partial charge in [-0.15, -0.1) is 0 Å². The number of hydrogen-bond acceptors (Lipinski definition) is 0. The standard InChI is InChI=1S/C46H72N2/c1-6-11-15-19-21-25-29-40-32-41(30-26-22-20-16-12-7-2)36-44(35-40)46-42(10-5)37-45(48(46)47)43-33-38(27-23-17-13-8-3)31-39(34-43)28-24-18-14-9-4/h31-37H,6-30H2,1-5H3. The number of aryl methyl sites for hydroxylation is 4. The molecule has 0 saturated heterocycles. The molecule has 0 amide bonds. The summed E-state index contributed by atoms with van der Waals surface area (Å²) < 4.78 is 1.55. The summed E-state index contributed by atoms with van der Waals surface area (Å²) in [6.45, 7) is 11.4. The van der Waals surface area contributed by atoms with Crippen molar-refractivity contribution < 1.29 is 4.70 Å². The second-order valence-corrected chi connectivity index (χ2v) is 14.8. The molecule has 266 valence electrons. The van der Waals surface area contributed by atoms with E-state index >= 15 is 0 Å². The summed E-state index contributed by atoms with van der Waals surface area (Å²) in [4.78, 5) is 0. The maximum Gasteiger partial charge on any atom is 0.210 e. The molecule has 2 aromatic rings. The fraction of sp³-hybridized carbons (Fsp3) is 0.652. The summed E-state index contributed by atoms with van der Waals surface area (Å²) in [5.41, 5.74) is 23.3. The van der Waals surface area contributed by atoms with Crippen molar-refractivity contribution in [2.75, 3.05) is 0 Å². The van der Waals surface area contributed by atoms with Gasteiger partial charge in [0, 0.05) is 22.8 Å². The van der Waals surface area contributed by atoms with Crippen LogP contribution >= 0.6 is 0 Å². The number of hydrogen-bond donors (Lipinski definition) is 0. The molecule has 2 heteroatoms. The molecular formula is C46H72N2. The molecule has 0 atom stereocenters. The van der Waals surface area contributed by atoms with E-state index in [1.54, 1.807) is 4.70 Å². The van der Waals surface area contributed by atoms with Crippen LogP contribution in [0.5, 0.6) is 0 Å². The largest absolute Gasteiger partial charge is 0.493 e. The zero-order chi connectivity index (χ0) is 34.4. The third-order valence-electron chi connectivity index (χ3n) is 10.4. The van der Waals surface area contributed by atoms with Crippen molar-refractivity contribution in [1.82, 2.24) is 0 Å². The van der Waals surface area contributed by atoms with E-state index in [1.165, 1.54) is 167 Å². The minimum absolute atomic E-state index is 0.908. The molecule has 0 aromatic heterocycles. The first-order chi connectivity index (χ1) is 23.5. The van der Waals surface area contributed by atoms with E-state index in [1.807, 2.05) is 0 Å². The number of unbranched alkanes of at least 4 members (excludes halogenated alkanes) is 16. The topological polar surface area (TPSA) is 25.3 Å². The van der Waals surface area contributed by atoms with Gasteiger partial charge in [0.15, 0.2) is 0 Å². The van der Waals surface area contributed by atoms with E-state index in [0.717, 1.165) is 43.5 Å². The average molecular weight is 653 g/mol. The summed E-state index contributed by atoms with van der Waals surface area (Å²) in [5, 5.41) is 0. The molecule has 0 bridgehead atoms. The molecule has 1 aliphatic rings. The molecule has 1 heterocycles. The summed E-state index contributed by atoms with van der Waals surface area (Å²) in [5.74, 6) is 0. The molecule has 2 aromatic carbocycles. The van der Waals surface area contributed by atoms with E-state index < -0.39 is 0 Å². The van der Waals surface area contributed by atoms with Crippen LogP contribution in [0.2, 0.25) is 0 Å². The summed E-state index contributed by atoms with van der Waals surface area (Å²) in [6, 6.07) is 14.5. The van der Waals surface area contributed by atoms with Crippen molar-refractivity contribution in [2.24, 2.45) is 0 Å². The Balaban J connectivity index is 1.86. The number of rotatable bonds is 27. The molecule has 1 aliphatic heterocycles. The highest BCUT2D eigenvalue weighted by atomic mass is 15.2. The van der Waals surface area contributed by atoms with Crippen LogP contribution in [0.4, 0.5) is 0 Å². The Bertz CT molecular complexity index is 1210. The Morgan fingerprint density at radius 3 is 1.12 bits per heavy atom. The van der Waals surface area contributed by atoms with Crippen molar-refractivity contribution in [3.8, 4) is 0 Å². The van der Waals surface area contributed by atoms with Crippen molar-refractivity contribution in [3.05, 3.63) is 87.0 Å². The zero-order valence-corrected chi connectivity index (χ0v) is 32.1. The van der Waals surface area contributed by atoms with Gasteiger partial charge in [0.1, 0.15) is 0 Å². The van der Waals surface area contributed by atoms with Crippen molar-refractivity contribution >= 4 is 11.4 Å². The predicted octanol–water partition coefficient (Wildman–Crippen LogP) is 14.9. The molecule has 0 unspecified atom stereocenters. The fourth-order valence-electron chi connectivity index (χ4n) is 7.45. The van der Waals surface area contributed by atoms with Crippen molar-refractivity contribution in [1.29, 1.82) is 0 Å². The zero-order valence-electron chi connectivity index (χ0n) is 32.1. The van der Waals surface area contributed by atoms with Crippen LogP contribution in [0.3, 0.4) is 0 Å².